The summed E-state index contributed by atoms with van der Waals surface area (Å²) in [5, 5.41) is 3.31. The number of hydrogen-bond acceptors (Lipinski definition) is 2. The van der Waals surface area contributed by atoms with Gasteiger partial charge in [-0.05, 0) is 37.3 Å². The Bertz CT molecular complexity index is 249. The number of carbonyl (C=O) groups is 1. The minimum atomic E-state index is 0. The van der Waals surface area contributed by atoms with Crippen LogP contribution in [0.1, 0.15) is 33.1 Å². The van der Waals surface area contributed by atoms with Crippen LogP contribution >= 0.6 is 12.4 Å². The van der Waals surface area contributed by atoms with E-state index in [0.29, 0.717) is 17.2 Å². The Labute approximate surface area is 104 Å². The molecule has 1 amide bonds. The minimum absolute atomic E-state index is 0. The zero-order valence-corrected chi connectivity index (χ0v) is 11.1. The molecule has 0 aromatic carbocycles. The Morgan fingerprint density at radius 1 is 1.50 bits per heavy atom. The summed E-state index contributed by atoms with van der Waals surface area (Å²) in [5.41, 5.74) is 0.337. The smallest absolute Gasteiger partial charge is 0.222 e. The maximum absolute atomic E-state index is 12.0. The van der Waals surface area contributed by atoms with Crippen molar-refractivity contribution in [1.82, 2.24) is 10.2 Å². The van der Waals surface area contributed by atoms with Crippen LogP contribution in [-0.2, 0) is 4.79 Å². The highest BCUT2D eigenvalue weighted by Crippen LogP contribution is 2.29. The lowest BCUT2D eigenvalue weighted by Crippen LogP contribution is -2.31. The van der Waals surface area contributed by atoms with E-state index in [1.807, 2.05) is 0 Å². The van der Waals surface area contributed by atoms with E-state index in [1.54, 1.807) is 0 Å². The van der Waals surface area contributed by atoms with Gasteiger partial charge in [0, 0.05) is 19.5 Å². The molecule has 0 radical (unpaired) electrons. The van der Waals surface area contributed by atoms with Crippen molar-refractivity contribution in [2.75, 3.05) is 26.2 Å². The fourth-order valence-electron chi connectivity index (χ4n) is 2.59. The number of hydrogen-bond donors (Lipinski definition) is 1. The molecule has 94 valence electrons. The van der Waals surface area contributed by atoms with Crippen LogP contribution in [0.5, 0.6) is 0 Å². The first kappa shape index (κ1) is 13.8. The molecule has 3 nitrogen and oxygen atoms in total. The number of halogens is 1. The molecular weight excluding hydrogens is 224 g/mol. The molecule has 16 heavy (non-hydrogen) atoms. The molecule has 1 N–H and O–H groups in total. The first-order valence-corrected chi connectivity index (χ1v) is 6.05. The second kappa shape index (κ2) is 5.37. The molecule has 1 atom stereocenters. The minimum Gasteiger partial charge on any atom is -0.342 e. The summed E-state index contributed by atoms with van der Waals surface area (Å²) in [5.74, 6) is 0.954. The maximum atomic E-state index is 12.0. The molecule has 2 fully saturated rings. The van der Waals surface area contributed by atoms with E-state index < -0.39 is 0 Å². The van der Waals surface area contributed by atoms with E-state index >= 15 is 0 Å². The number of rotatable bonds is 2. The molecular formula is C12H23ClN2O. The maximum Gasteiger partial charge on any atom is 0.222 e. The Balaban J connectivity index is 0.00000128. The molecule has 1 unspecified atom stereocenters. The van der Waals surface area contributed by atoms with Gasteiger partial charge in [-0.15, -0.1) is 12.4 Å². The zero-order valence-electron chi connectivity index (χ0n) is 10.3. The van der Waals surface area contributed by atoms with Gasteiger partial charge in [-0.1, -0.05) is 13.8 Å². The van der Waals surface area contributed by atoms with Crippen molar-refractivity contribution in [3.05, 3.63) is 0 Å². The molecule has 2 saturated heterocycles. The molecule has 2 aliphatic heterocycles. The van der Waals surface area contributed by atoms with Crippen molar-refractivity contribution in [1.29, 1.82) is 0 Å². The van der Waals surface area contributed by atoms with Crippen molar-refractivity contribution in [3.63, 3.8) is 0 Å². The predicted molar refractivity (Wildman–Crippen MR) is 67.8 cm³/mol. The highest BCUT2D eigenvalue weighted by molar-refractivity contribution is 5.85. The molecule has 2 aliphatic rings. The Kier molecular flexibility index (Phi) is 4.62. The third kappa shape index (κ3) is 3.36. The first-order valence-electron chi connectivity index (χ1n) is 6.05. The van der Waals surface area contributed by atoms with Gasteiger partial charge in [0.1, 0.15) is 0 Å². The quantitative estimate of drug-likeness (QED) is 0.804. The Morgan fingerprint density at radius 3 is 2.75 bits per heavy atom. The lowest BCUT2D eigenvalue weighted by molar-refractivity contribution is -0.131. The van der Waals surface area contributed by atoms with Gasteiger partial charge in [0.15, 0.2) is 0 Å². The summed E-state index contributed by atoms with van der Waals surface area (Å²) in [7, 11) is 0. The van der Waals surface area contributed by atoms with Gasteiger partial charge >= 0.3 is 0 Å². The summed E-state index contributed by atoms with van der Waals surface area (Å²) < 4.78 is 0. The van der Waals surface area contributed by atoms with Crippen LogP contribution in [0.15, 0.2) is 0 Å². The van der Waals surface area contributed by atoms with Crippen molar-refractivity contribution >= 4 is 18.3 Å². The lowest BCUT2D eigenvalue weighted by atomic mass is 9.93. The fraction of sp³-hybridized carbons (Fsp3) is 0.917. The molecule has 0 aromatic rings. The first-order chi connectivity index (χ1) is 7.07. The Hall–Kier alpha value is -0.280. The van der Waals surface area contributed by atoms with E-state index in [0.717, 1.165) is 39.0 Å². The van der Waals surface area contributed by atoms with Crippen molar-refractivity contribution < 1.29 is 4.79 Å². The van der Waals surface area contributed by atoms with Crippen LogP contribution in [0, 0.1) is 11.3 Å². The van der Waals surface area contributed by atoms with Gasteiger partial charge in [-0.25, -0.2) is 0 Å². The second-order valence-corrected chi connectivity index (χ2v) is 5.79. The predicted octanol–water partition coefficient (Wildman–Crippen LogP) is 1.67. The van der Waals surface area contributed by atoms with Crippen molar-refractivity contribution in [2.24, 2.45) is 11.3 Å². The van der Waals surface area contributed by atoms with E-state index in [-0.39, 0.29) is 12.4 Å². The third-order valence-electron chi connectivity index (χ3n) is 3.66. The van der Waals surface area contributed by atoms with Crippen LogP contribution in [0.4, 0.5) is 0 Å². The Morgan fingerprint density at radius 2 is 2.25 bits per heavy atom. The van der Waals surface area contributed by atoms with E-state index in [9.17, 15) is 4.79 Å². The topological polar surface area (TPSA) is 32.3 Å². The molecule has 4 heteroatoms. The summed E-state index contributed by atoms with van der Waals surface area (Å²) in [6, 6.07) is 0. The van der Waals surface area contributed by atoms with Crippen molar-refractivity contribution in [2.45, 2.75) is 33.1 Å². The molecule has 0 aromatic heterocycles. The van der Waals surface area contributed by atoms with Gasteiger partial charge in [-0.3, -0.25) is 4.79 Å². The van der Waals surface area contributed by atoms with Gasteiger partial charge in [-0.2, -0.15) is 0 Å². The van der Waals surface area contributed by atoms with Crippen LogP contribution in [-0.4, -0.2) is 37.0 Å². The highest BCUT2D eigenvalue weighted by Gasteiger charge is 2.32. The number of nitrogens with one attached hydrogen (secondary N) is 1. The van der Waals surface area contributed by atoms with Crippen LogP contribution < -0.4 is 5.32 Å². The number of nitrogens with zero attached hydrogens (tertiary/aromatic N) is 1. The summed E-state index contributed by atoms with van der Waals surface area (Å²) in [6.45, 7) is 8.53. The molecule has 2 heterocycles. The van der Waals surface area contributed by atoms with Crippen LogP contribution in [0.3, 0.4) is 0 Å². The van der Waals surface area contributed by atoms with Gasteiger partial charge in [0.05, 0.1) is 0 Å². The molecule has 2 rings (SSSR count). The summed E-state index contributed by atoms with van der Waals surface area (Å²) in [4.78, 5) is 14.0. The van der Waals surface area contributed by atoms with Gasteiger partial charge in [0.2, 0.25) is 5.91 Å². The molecule has 0 saturated carbocycles. The average Bonchev–Trinajstić information content (AvgIpc) is 2.74. The largest absolute Gasteiger partial charge is 0.342 e. The fourth-order valence-corrected chi connectivity index (χ4v) is 2.59. The number of likely N-dealkylation sites (tertiary alicyclic amines) is 1. The zero-order chi connectivity index (χ0) is 10.9. The lowest BCUT2D eigenvalue weighted by Gasteiger charge is -2.21. The number of amides is 1. The van der Waals surface area contributed by atoms with Gasteiger partial charge < -0.3 is 10.2 Å². The van der Waals surface area contributed by atoms with Crippen LogP contribution in [0.25, 0.3) is 0 Å². The number of carbonyl (C=O) groups excluding carboxylic acids is 1. The standard InChI is InChI=1S/C12H22N2O.ClH/c1-12(2)4-6-14(9-12)11(15)7-10-3-5-13-8-10;/h10,13H,3-9H2,1-2H3;1H. The van der Waals surface area contributed by atoms with E-state index in [1.165, 1.54) is 6.42 Å². The molecule has 0 aliphatic carbocycles. The summed E-state index contributed by atoms with van der Waals surface area (Å²) in [6.07, 6.45) is 3.08. The molecule has 0 spiro atoms. The molecule has 0 bridgehead atoms. The SMILES string of the molecule is CC1(C)CCN(C(=O)CC2CCNC2)C1.Cl. The van der Waals surface area contributed by atoms with E-state index in [4.69, 9.17) is 0 Å². The average molecular weight is 247 g/mol. The second-order valence-electron chi connectivity index (χ2n) is 5.79. The third-order valence-corrected chi connectivity index (χ3v) is 3.66. The van der Waals surface area contributed by atoms with Gasteiger partial charge in [0.25, 0.3) is 0 Å². The summed E-state index contributed by atoms with van der Waals surface area (Å²) >= 11 is 0. The van der Waals surface area contributed by atoms with Crippen molar-refractivity contribution in [3.8, 4) is 0 Å². The monoisotopic (exact) mass is 246 g/mol. The normalized spacial score (nSPS) is 27.9. The van der Waals surface area contributed by atoms with Crippen LogP contribution in [0.2, 0.25) is 0 Å². The highest BCUT2D eigenvalue weighted by atomic mass is 35.5. The van der Waals surface area contributed by atoms with E-state index in [2.05, 4.69) is 24.1 Å².